The third-order valence-corrected chi connectivity index (χ3v) is 2.52. The Morgan fingerprint density at radius 1 is 1.00 bits per heavy atom. The molecule has 17 heavy (non-hydrogen) atoms. The van der Waals surface area contributed by atoms with Crippen molar-refractivity contribution in [3.63, 3.8) is 0 Å². The predicted molar refractivity (Wildman–Crippen MR) is 75.3 cm³/mol. The molecule has 1 aromatic carbocycles. The van der Waals surface area contributed by atoms with Gasteiger partial charge in [-0.2, -0.15) is 0 Å². The second-order valence-electron chi connectivity index (χ2n) is 4.01. The van der Waals surface area contributed by atoms with Gasteiger partial charge in [0.2, 0.25) is 0 Å². The average molecular weight is 241 g/mol. The number of unbranched alkanes of at least 4 members (excludes halogenated alkanes) is 5. The largest absolute Gasteiger partial charge is 0.465 e. The molecule has 1 nitrogen and oxygen atoms in total. The van der Waals surface area contributed by atoms with Gasteiger partial charge in [0, 0.05) is 29.6 Å². The maximum absolute atomic E-state index is 5.45. The predicted octanol–water partition coefficient (Wildman–Crippen LogP) is 4.56. The van der Waals surface area contributed by atoms with Crippen LogP contribution in [0.25, 0.3) is 0 Å². The summed E-state index contributed by atoms with van der Waals surface area (Å²) in [6, 6.07) is 9.88. The Labute approximate surface area is 128 Å². The molecule has 1 radical (unpaired) electrons. The van der Waals surface area contributed by atoms with Crippen LogP contribution in [0.3, 0.4) is 0 Å². The number of allylic oxidation sites excluding steroid dienone is 1. The maximum Gasteiger partial charge on any atom is 0.126 e. The summed E-state index contributed by atoms with van der Waals surface area (Å²) in [5, 5.41) is 0. The monoisotopic (exact) mass is 241 g/mol. The van der Waals surface area contributed by atoms with Crippen molar-refractivity contribution >= 4 is 29.6 Å². The molecule has 0 aromatic heterocycles. The fourth-order valence-electron chi connectivity index (χ4n) is 1.56. The summed E-state index contributed by atoms with van der Waals surface area (Å²) >= 11 is 0. The summed E-state index contributed by atoms with van der Waals surface area (Å²) < 4.78 is 5.45. The van der Waals surface area contributed by atoms with Gasteiger partial charge in [-0.05, 0) is 31.1 Å². The van der Waals surface area contributed by atoms with E-state index >= 15 is 0 Å². The van der Waals surface area contributed by atoms with Crippen LogP contribution in [-0.4, -0.2) is 29.6 Å². The Hall–Kier alpha value is -0.240. The molecule has 2 heteroatoms. The maximum atomic E-state index is 5.45. The Kier molecular flexibility index (Phi) is 12.1. The van der Waals surface area contributed by atoms with Crippen molar-refractivity contribution in [1.82, 2.24) is 0 Å². The number of hydrogen-bond acceptors (Lipinski definition) is 1. The Balaban J connectivity index is 0.00000256. The van der Waals surface area contributed by atoms with E-state index in [1.165, 1.54) is 32.1 Å². The topological polar surface area (TPSA) is 9.23 Å². The van der Waals surface area contributed by atoms with Crippen molar-refractivity contribution in [3.8, 4) is 5.75 Å². The van der Waals surface area contributed by atoms with Gasteiger partial charge in [0.25, 0.3) is 0 Å². The zero-order valence-electron chi connectivity index (χ0n) is 11.2. The van der Waals surface area contributed by atoms with E-state index in [-0.39, 0.29) is 29.6 Å². The van der Waals surface area contributed by atoms with Gasteiger partial charge in [0.15, 0.2) is 0 Å². The Morgan fingerprint density at radius 2 is 1.71 bits per heavy atom. The van der Waals surface area contributed by atoms with Gasteiger partial charge in [0.1, 0.15) is 5.75 Å². The summed E-state index contributed by atoms with van der Waals surface area (Å²) in [4.78, 5) is 0. The SMILES string of the molecule is CCCCCCCC=COc1ccccc1.[Na]. The first-order chi connectivity index (χ1) is 7.93. The summed E-state index contributed by atoms with van der Waals surface area (Å²) in [6.07, 6.45) is 11.7. The van der Waals surface area contributed by atoms with Gasteiger partial charge in [-0.15, -0.1) is 0 Å². The van der Waals surface area contributed by atoms with E-state index < -0.39 is 0 Å². The van der Waals surface area contributed by atoms with Crippen LogP contribution in [0, 0.1) is 0 Å². The number of ether oxygens (including phenoxy) is 1. The van der Waals surface area contributed by atoms with E-state index in [4.69, 9.17) is 4.74 Å². The molecule has 0 atom stereocenters. The number of rotatable bonds is 8. The standard InChI is InChI=1S/C15H22O.Na/c1-2-3-4-5-6-7-11-14-16-15-12-9-8-10-13-15;/h8-14H,2-7H2,1H3;. The molecule has 1 rings (SSSR count). The Bertz CT molecular complexity index is 282. The average Bonchev–Trinajstić information content (AvgIpc) is 2.34. The second kappa shape index (κ2) is 12.2. The molecule has 0 aliphatic rings. The van der Waals surface area contributed by atoms with E-state index in [1.807, 2.05) is 30.3 Å². The molecular formula is C15H22NaO. The van der Waals surface area contributed by atoms with Gasteiger partial charge in [-0.3, -0.25) is 0 Å². The molecule has 0 amide bonds. The van der Waals surface area contributed by atoms with E-state index in [2.05, 4.69) is 13.0 Å². The third kappa shape index (κ3) is 9.46. The van der Waals surface area contributed by atoms with Crippen LogP contribution in [0.2, 0.25) is 0 Å². The van der Waals surface area contributed by atoms with Crippen molar-refractivity contribution in [2.45, 2.75) is 45.4 Å². The minimum Gasteiger partial charge on any atom is -0.465 e. The van der Waals surface area contributed by atoms with Crippen molar-refractivity contribution in [2.75, 3.05) is 0 Å². The quantitative estimate of drug-likeness (QED) is 0.368. The smallest absolute Gasteiger partial charge is 0.126 e. The van der Waals surface area contributed by atoms with Crippen molar-refractivity contribution in [2.24, 2.45) is 0 Å². The molecule has 0 aliphatic carbocycles. The Morgan fingerprint density at radius 3 is 2.41 bits per heavy atom. The van der Waals surface area contributed by atoms with E-state index in [0.717, 1.165) is 12.2 Å². The third-order valence-electron chi connectivity index (χ3n) is 2.52. The van der Waals surface area contributed by atoms with Crippen molar-refractivity contribution in [1.29, 1.82) is 0 Å². The van der Waals surface area contributed by atoms with Crippen LogP contribution in [0.1, 0.15) is 45.4 Å². The van der Waals surface area contributed by atoms with Gasteiger partial charge in [0.05, 0.1) is 6.26 Å². The van der Waals surface area contributed by atoms with Gasteiger partial charge < -0.3 is 4.74 Å². The van der Waals surface area contributed by atoms with Gasteiger partial charge >= 0.3 is 0 Å². The first-order valence-electron chi connectivity index (χ1n) is 6.30. The first kappa shape index (κ1) is 16.8. The molecule has 89 valence electrons. The zero-order valence-corrected chi connectivity index (χ0v) is 13.2. The summed E-state index contributed by atoms with van der Waals surface area (Å²) in [7, 11) is 0. The molecule has 0 N–H and O–H groups in total. The van der Waals surface area contributed by atoms with Crippen LogP contribution < -0.4 is 4.74 Å². The molecule has 0 bridgehead atoms. The fourth-order valence-corrected chi connectivity index (χ4v) is 1.56. The van der Waals surface area contributed by atoms with Gasteiger partial charge in [-0.25, -0.2) is 0 Å². The number of para-hydroxylation sites is 1. The van der Waals surface area contributed by atoms with Crippen molar-refractivity contribution in [3.05, 3.63) is 42.7 Å². The minimum absolute atomic E-state index is 0. The molecule has 0 aliphatic heterocycles. The van der Waals surface area contributed by atoms with Crippen LogP contribution >= 0.6 is 0 Å². The molecule has 1 aromatic rings. The van der Waals surface area contributed by atoms with E-state index in [9.17, 15) is 0 Å². The normalized spacial score (nSPS) is 10.2. The van der Waals surface area contributed by atoms with Crippen LogP contribution in [0.5, 0.6) is 5.75 Å². The molecule has 0 fully saturated rings. The zero-order chi connectivity index (χ0) is 11.5. The number of benzene rings is 1. The molecule has 0 heterocycles. The second-order valence-corrected chi connectivity index (χ2v) is 4.01. The summed E-state index contributed by atoms with van der Waals surface area (Å²) in [5.41, 5.74) is 0. The fraction of sp³-hybridized carbons (Fsp3) is 0.467. The van der Waals surface area contributed by atoms with Crippen LogP contribution in [0.4, 0.5) is 0 Å². The van der Waals surface area contributed by atoms with Gasteiger partial charge in [-0.1, -0.05) is 50.8 Å². The summed E-state index contributed by atoms with van der Waals surface area (Å²) in [6.45, 7) is 2.24. The van der Waals surface area contributed by atoms with E-state index in [0.29, 0.717) is 0 Å². The molecule has 0 saturated carbocycles. The van der Waals surface area contributed by atoms with Crippen molar-refractivity contribution < 1.29 is 4.74 Å². The summed E-state index contributed by atoms with van der Waals surface area (Å²) in [5.74, 6) is 0.907. The molecule has 0 unspecified atom stereocenters. The van der Waals surface area contributed by atoms with E-state index in [1.54, 1.807) is 6.26 Å². The van der Waals surface area contributed by atoms with Crippen LogP contribution in [0.15, 0.2) is 42.7 Å². The molecular weight excluding hydrogens is 219 g/mol. The van der Waals surface area contributed by atoms with Crippen LogP contribution in [-0.2, 0) is 0 Å². The molecule has 0 spiro atoms. The molecule has 0 saturated heterocycles. The number of hydrogen-bond donors (Lipinski definition) is 0. The first-order valence-corrected chi connectivity index (χ1v) is 6.30. The minimum atomic E-state index is 0.